The Bertz CT molecular complexity index is 2750. The van der Waals surface area contributed by atoms with Gasteiger partial charge in [-0.1, -0.05) is 60.2 Å². The maximum absolute atomic E-state index is 12.1. The number of hydrogen-bond acceptors (Lipinski definition) is 4. The molecule has 0 saturated carbocycles. The monoisotopic (exact) mass is 972 g/mol. The Kier molecular flexibility index (Phi) is 10.1. The molecule has 0 aliphatic rings. The number of benzene rings is 4. The topological polar surface area (TPSA) is 67.7 Å². The van der Waals surface area contributed by atoms with Crippen LogP contribution in [0.25, 0.3) is 71.3 Å². The zero-order valence-electron chi connectivity index (χ0n) is 27.4. The van der Waals surface area contributed by atoms with Gasteiger partial charge < -0.3 is 18.9 Å². The van der Waals surface area contributed by atoms with Crippen LogP contribution in [0.15, 0.2) is 107 Å². The molecule has 0 unspecified atom stereocenters. The van der Waals surface area contributed by atoms with Crippen LogP contribution in [0.3, 0.4) is 0 Å². The summed E-state index contributed by atoms with van der Waals surface area (Å²) in [6.45, 7) is 0. The summed E-state index contributed by atoms with van der Waals surface area (Å²) in [5.74, 6) is -15.9. The van der Waals surface area contributed by atoms with Crippen LogP contribution >= 0.6 is 0 Å². The van der Waals surface area contributed by atoms with Gasteiger partial charge in [-0.2, -0.15) is 52.7 Å². The number of aliphatic hydroxyl groups is 1. The van der Waals surface area contributed by atoms with Crippen LogP contribution in [0.2, 0.25) is 0 Å². The van der Waals surface area contributed by atoms with Gasteiger partial charge in [-0.25, -0.2) is 0 Å². The Labute approximate surface area is 318 Å². The number of carbonyl (C=O) groups excluding carboxylic acids is 1. The third-order valence-corrected chi connectivity index (χ3v) is 8.88. The van der Waals surface area contributed by atoms with E-state index >= 15 is 0 Å². The van der Waals surface area contributed by atoms with Crippen molar-refractivity contribution < 1.29 is 87.1 Å². The molecule has 1 N–H and O–H groups in total. The predicted molar refractivity (Wildman–Crippen MR) is 177 cm³/mol. The Balaban J connectivity index is 0.000000200. The smallest absolute Gasteiger partial charge is 0.407 e. The summed E-state index contributed by atoms with van der Waals surface area (Å²) in [6.07, 6.45) is -24.8. The third-order valence-electron chi connectivity index (χ3n) is 8.88. The average molecular weight is 972 g/mol. The van der Waals surface area contributed by atoms with Crippen molar-refractivity contribution in [3.63, 3.8) is 0 Å². The van der Waals surface area contributed by atoms with E-state index in [4.69, 9.17) is 14.5 Å². The molecular weight excluding hydrogens is 953 g/mol. The fourth-order valence-corrected chi connectivity index (χ4v) is 6.72. The number of carbonyl (C=O) groups is 1. The number of furan rings is 1. The number of hydrogen-bond donors (Lipinski definition) is 1. The molecule has 56 heavy (non-hydrogen) atoms. The second-order valence-electron chi connectivity index (χ2n) is 12.3. The summed E-state index contributed by atoms with van der Waals surface area (Å²) in [6, 6.07) is 33.0. The molecule has 4 aromatic heterocycles. The van der Waals surface area contributed by atoms with Crippen LogP contribution in [0, 0.1) is 17.9 Å². The van der Waals surface area contributed by atoms with Crippen LogP contribution in [0.5, 0.6) is 0 Å². The molecule has 4 aromatic carbocycles. The number of halogens is 12. The van der Waals surface area contributed by atoms with Gasteiger partial charge in [-0.3, -0.25) is 4.79 Å². The largest absolute Gasteiger partial charge is 0.511 e. The van der Waals surface area contributed by atoms with Gasteiger partial charge in [-0.05, 0) is 40.1 Å². The van der Waals surface area contributed by atoms with E-state index in [9.17, 15) is 57.5 Å². The molecule has 0 aliphatic heterocycles. The second kappa shape index (κ2) is 14.0. The number of ketones is 1. The molecule has 0 amide bonds. The molecule has 5 nitrogen and oxygen atoms in total. The van der Waals surface area contributed by atoms with E-state index in [1.807, 2.05) is 18.3 Å². The van der Waals surface area contributed by atoms with E-state index in [-0.39, 0.29) is 20.1 Å². The molecule has 0 fully saturated rings. The molecule has 1 radical (unpaired) electrons. The van der Waals surface area contributed by atoms with E-state index in [1.54, 1.807) is 0 Å². The minimum absolute atomic E-state index is 0. The standard InChI is InChI=1S/C29H15N2O.C9H4F12O2.Ir/c1-2-8-18-17(7-1)15-16-30-25(18)21-11-6-13-23-27-29(32-28(21)23)22-12-5-10-20-19-9-3-4-14-24(19)31(27)26(20)22;10-6(11,12)4(7(13,14)15)2(22)1-3(23)5(8(16,17)18)9(19,20)21;/h1-10,12-16H;1,4-5,22H;/q-1;;/b;2-1-;. The van der Waals surface area contributed by atoms with Gasteiger partial charge in [0.25, 0.3) is 0 Å². The summed E-state index contributed by atoms with van der Waals surface area (Å²) in [7, 11) is 0. The number of aliphatic hydroxyl groups excluding tert-OH is 1. The number of allylic oxidation sites excluding steroid dienone is 2. The number of aromatic nitrogens is 2. The number of nitrogens with zero attached hydrogens (tertiary/aromatic N) is 2. The molecular formula is C38H19F12IrN2O3-. The maximum Gasteiger partial charge on any atom is 0.407 e. The number of fused-ring (bicyclic) bond motifs is 9. The van der Waals surface area contributed by atoms with Crippen molar-refractivity contribution >= 4 is 65.8 Å². The molecule has 0 spiro atoms. The first kappa shape index (κ1) is 40.3. The Morgan fingerprint density at radius 2 is 1.21 bits per heavy atom. The van der Waals surface area contributed by atoms with Crippen molar-refractivity contribution in [1.82, 2.24) is 9.38 Å². The van der Waals surface area contributed by atoms with Crippen molar-refractivity contribution in [3.05, 3.63) is 109 Å². The number of rotatable bonds is 4. The SMILES string of the molecule is O=C(/C=C(\O)C(C(F)(F)F)C(F)(F)F)C(C(F)(F)F)C(F)(F)F.[Ir].[c-]1ccc2c(oc3c4cccc5c6ccccc6n(c54)c23)c1-c1nccc2ccccc12. The molecule has 4 heterocycles. The van der Waals surface area contributed by atoms with Crippen molar-refractivity contribution in [2.24, 2.45) is 11.8 Å². The summed E-state index contributed by atoms with van der Waals surface area (Å²) in [5.41, 5.74) is 7.10. The minimum Gasteiger partial charge on any atom is -0.511 e. The fourth-order valence-electron chi connectivity index (χ4n) is 6.72. The Hall–Kier alpha value is -5.35. The quantitative estimate of drug-likeness (QED) is 0.0826. The van der Waals surface area contributed by atoms with Gasteiger partial charge in [0.1, 0.15) is 11.3 Å². The van der Waals surface area contributed by atoms with E-state index in [2.05, 4.69) is 83.3 Å². The summed E-state index contributed by atoms with van der Waals surface area (Å²) in [5, 5.41) is 15.6. The predicted octanol–water partition coefficient (Wildman–Crippen LogP) is 12.1. The fraction of sp³-hybridized carbons (Fsp3) is 0.158. The van der Waals surface area contributed by atoms with Crippen molar-refractivity contribution in [1.29, 1.82) is 0 Å². The van der Waals surface area contributed by atoms with E-state index in [0.717, 1.165) is 49.5 Å². The second-order valence-corrected chi connectivity index (χ2v) is 12.3. The molecule has 293 valence electrons. The molecule has 0 saturated heterocycles. The molecule has 8 aromatic rings. The van der Waals surface area contributed by atoms with Crippen molar-refractivity contribution in [2.75, 3.05) is 0 Å². The van der Waals surface area contributed by atoms with Gasteiger partial charge in [0, 0.05) is 48.5 Å². The van der Waals surface area contributed by atoms with Crippen molar-refractivity contribution in [2.45, 2.75) is 24.7 Å². The van der Waals surface area contributed by atoms with E-state index in [1.165, 1.54) is 21.8 Å². The number of alkyl halides is 12. The zero-order chi connectivity index (χ0) is 39.8. The minimum atomic E-state index is -6.34. The first-order chi connectivity index (χ1) is 25.7. The van der Waals surface area contributed by atoms with Gasteiger partial charge in [0.05, 0.1) is 22.1 Å². The molecule has 0 bridgehead atoms. The number of pyridine rings is 1. The first-order valence-electron chi connectivity index (χ1n) is 15.7. The summed E-state index contributed by atoms with van der Waals surface area (Å²) >= 11 is 0. The normalized spacial score (nSPS) is 13.4. The third kappa shape index (κ3) is 6.89. The average Bonchev–Trinajstić information content (AvgIpc) is 3.72. The zero-order valence-corrected chi connectivity index (χ0v) is 29.8. The van der Waals surface area contributed by atoms with E-state index in [0.29, 0.717) is 0 Å². The van der Waals surface area contributed by atoms with E-state index < -0.39 is 54.2 Å². The molecule has 18 heteroatoms. The van der Waals surface area contributed by atoms with Crippen LogP contribution in [0.4, 0.5) is 52.7 Å². The van der Waals surface area contributed by atoms with Crippen LogP contribution < -0.4 is 0 Å². The maximum atomic E-state index is 12.1. The summed E-state index contributed by atoms with van der Waals surface area (Å²) < 4.78 is 154. The Morgan fingerprint density at radius 3 is 1.86 bits per heavy atom. The van der Waals surface area contributed by atoms with Crippen LogP contribution in [0.1, 0.15) is 0 Å². The van der Waals surface area contributed by atoms with Crippen LogP contribution in [-0.4, -0.2) is 45.0 Å². The number of para-hydroxylation sites is 2. The first-order valence-corrected chi connectivity index (χ1v) is 15.7. The Morgan fingerprint density at radius 1 is 0.661 bits per heavy atom. The molecule has 8 rings (SSSR count). The van der Waals surface area contributed by atoms with Gasteiger partial charge in [-0.15, -0.1) is 18.2 Å². The van der Waals surface area contributed by atoms with Crippen molar-refractivity contribution in [3.8, 4) is 11.3 Å². The van der Waals surface area contributed by atoms with Gasteiger partial charge in [0.2, 0.25) is 11.8 Å². The molecule has 0 aliphatic carbocycles. The van der Waals surface area contributed by atoms with Gasteiger partial charge in [0.15, 0.2) is 5.78 Å². The summed E-state index contributed by atoms with van der Waals surface area (Å²) in [4.78, 5) is 15.5. The van der Waals surface area contributed by atoms with Crippen LogP contribution in [-0.2, 0) is 24.9 Å². The van der Waals surface area contributed by atoms with Gasteiger partial charge >= 0.3 is 24.7 Å². The molecule has 0 atom stereocenters.